The molecule has 0 radical (unpaired) electrons. The van der Waals surface area contributed by atoms with E-state index in [2.05, 4.69) is 92.0 Å². The number of anilines is 1. The van der Waals surface area contributed by atoms with Gasteiger partial charge in [-0.05, 0) is 44.0 Å². The minimum absolute atomic E-state index is 0.0758. The zero-order valence-corrected chi connectivity index (χ0v) is 18.5. The van der Waals surface area contributed by atoms with Crippen molar-refractivity contribution in [2.24, 2.45) is 0 Å². The molecule has 2 aromatic rings. The molecule has 0 aromatic heterocycles. The average molecular weight is 431 g/mol. The Morgan fingerprint density at radius 3 is 2.17 bits per heavy atom. The topological polar surface area (TPSA) is 98.5 Å². The van der Waals surface area contributed by atoms with Gasteiger partial charge in [-0.15, -0.1) is 10.2 Å². The lowest BCUT2D eigenvalue weighted by molar-refractivity contribution is -2.00. The van der Waals surface area contributed by atoms with Gasteiger partial charge in [0.25, 0.3) is 0 Å². The third kappa shape index (κ3) is 4.91. The highest BCUT2D eigenvalue weighted by molar-refractivity contribution is 6.10. The van der Waals surface area contributed by atoms with E-state index in [0.29, 0.717) is 0 Å². The van der Waals surface area contributed by atoms with Crippen LogP contribution in [0.5, 0.6) is 0 Å². The molecule has 30 heavy (non-hydrogen) atoms. The Bertz CT molecular complexity index is 967. The highest BCUT2D eigenvalue weighted by Gasteiger charge is 2.48. The number of nitrogens with zero attached hydrogens (tertiary/aromatic N) is 2. The summed E-state index contributed by atoms with van der Waals surface area (Å²) in [5.41, 5.74) is 8.46. The second kappa shape index (κ2) is 8.49. The average Bonchev–Trinajstić information content (AvgIpc) is 2.90. The van der Waals surface area contributed by atoms with Crippen LogP contribution in [0.3, 0.4) is 0 Å². The first-order chi connectivity index (χ1) is 14.0. The Kier molecular flexibility index (Phi) is 6.36. The van der Waals surface area contributed by atoms with Gasteiger partial charge in [0.05, 0.1) is 5.41 Å². The van der Waals surface area contributed by atoms with Gasteiger partial charge in [-0.2, -0.15) is 4.58 Å². The fourth-order valence-corrected chi connectivity index (χ4v) is 4.39. The van der Waals surface area contributed by atoms with Crippen molar-refractivity contribution in [1.82, 2.24) is 0 Å². The third-order valence-electron chi connectivity index (χ3n) is 5.61. The normalized spacial score (nSPS) is 18.5. The van der Waals surface area contributed by atoms with E-state index >= 15 is 0 Å². The molecule has 2 aliphatic heterocycles. The monoisotopic (exact) mass is 430 g/mol. The number of halogens is 1. The number of benzene rings is 2. The molecule has 0 saturated heterocycles. The van der Waals surface area contributed by atoms with Crippen molar-refractivity contribution in [3.8, 4) is 0 Å². The number of allylic oxidation sites excluding steroid dienone is 1. The maximum atomic E-state index is 8.49. The Morgan fingerprint density at radius 1 is 0.967 bits per heavy atom. The lowest BCUT2D eigenvalue weighted by Gasteiger charge is -2.22. The second-order valence-corrected chi connectivity index (χ2v) is 9.04. The Labute approximate surface area is 179 Å². The first-order valence-corrected chi connectivity index (χ1v) is 11.1. The van der Waals surface area contributed by atoms with Gasteiger partial charge in [-0.25, -0.2) is 18.6 Å². The van der Waals surface area contributed by atoms with Gasteiger partial charge in [-0.1, -0.05) is 30.3 Å². The van der Waals surface area contributed by atoms with Crippen LogP contribution in [0.15, 0.2) is 54.1 Å². The molecule has 0 unspecified atom stereocenters. The van der Waals surface area contributed by atoms with E-state index in [1.165, 1.54) is 46.6 Å². The van der Waals surface area contributed by atoms with Crippen LogP contribution in [0.2, 0.25) is 0 Å². The molecule has 0 atom stereocenters. The minimum atomic E-state index is -4.94. The summed E-state index contributed by atoms with van der Waals surface area (Å²) >= 11 is 0. The molecule has 0 fully saturated rings. The maximum absolute atomic E-state index is 8.49. The zero-order chi connectivity index (χ0) is 22.1. The quantitative estimate of drug-likeness (QED) is 0.636. The van der Waals surface area contributed by atoms with Crippen LogP contribution in [0.25, 0.3) is 6.08 Å². The van der Waals surface area contributed by atoms with Crippen LogP contribution in [-0.4, -0.2) is 30.9 Å². The number of fused-ring (bicyclic) bond motifs is 2. The summed E-state index contributed by atoms with van der Waals surface area (Å²) in [7, 11) is -0.777. The van der Waals surface area contributed by atoms with Crippen LogP contribution in [-0.2, 0) is 5.41 Å². The van der Waals surface area contributed by atoms with Crippen molar-refractivity contribution in [3.63, 3.8) is 0 Å². The fraction of sp³-hybridized carbons (Fsp3) is 0.348. The van der Waals surface area contributed by atoms with E-state index in [1.807, 2.05) is 0 Å². The number of hydrogen-bond donors (Lipinski definition) is 0. The summed E-state index contributed by atoms with van der Waals surface area (Å²) in [5.74, 6) is 0. The molecule has 0 saturated carbocycles. The summed E-state index contributed by atoms with van der Waals surface area (Å²) in [4.78, 5) is 2.14. The Balaban J connectivity index is 0.000000461. The Hall–Kier alpha value is -2.22. The highest BCUT2D eigenvalue weighted by atomic mass is 35.7. The van der Waals surface area contributed by atoms with Crippen molar-refractivity contribution in [1.29, 1.82) is 0 Å². The third-order valence-corrected chi connectivity index (χ3v) is 5.61. The standard InChI is InChI=1S/C23H27N2.ClHO4/c1-23(2)20-9-5-6-10-21(20)25-15-7-8-18(22(23)25)16-17-11-13-19(14-12-17)24(3)4;2-1(3,4)5/h5-6,9-14,16H,7-8,15H2,1-4H3;(H,2,3,4,5)/q+1;/p-1. The summed E-state index contributed by atoms with van der Waals surface area (Å²) in [6.45, 7) is 5.87. The molecule has 6 nitrogen and oxygen atoms in total. The predicted molar refractivity (Wildman–Crippen MR) is 107 cm³/mol. The van der Waals surface area contributed by atoms with Gasteiger partial charge >= 0.3 is 0 Å². The van der Waals surface area contributed by atoms with Crippen LogP contribution in [0, 0.1) is 10.2 Å². The number of para-hydroxylation sites is 1. The summed E-state index contributed by atoms with van der Waals surface area (Å²) < 4.78 is 36.5. The molecule has 0 N–H and O–H groups in total. The SMILES string of the molecule is CN(C)c1ccc(C=C2CCC[N+]3=C2C(C)(C)c2ccccc23)cc1.[O-][Cl+3]([O-])([O-])[O-]. The predicted octanol–water partition coefficient (Wildman–Crippen LogP) is 0.250. The molecular formula is C23H27ClN2O4. The molecule has 2 aromatic carbocycles. The Morgan fingerprint density at radius 2 is 1.57 bits per heavy atom. The highest BCUT2D eigenvalue weighted by Crippen LogP contribution is 2.44. The lowest BCUT2D eigenvalue weighted by Crippen LogP contribution is -2.68. The molecule has 7 heteroatoms. The number of rotatable bonds is 2. The maximum Gasteiger partial charge on any atom is 0.209 e. The molecule has 0 spiro atoms. The van der Waals surface area contributed by atoms with E-state index < -0.39 is 10.2 Å². The van der Waals surface area contributed by atoms with Crippen molar-refractivity contribution < 1.29 is 33.5 Å². The van der Waals surface area contributed by atoms with Gasteiger partial charge in [0.2, 0.25) is 5.69 Å². The fourth-order valence-electron chi connectivity index (χ4n) is 4.39. The van der Waals surface area contributed by atoms with E-state index in [1.54, 1.807) is 0 Å². The first-order valence-electron chi connectivity index (χ1n) is 9.83. The lowest BCUT2D eigenvalue weighted by atomic mass is 9.77. The van der Waals surface area contributed by atoms with Crippen molar-refractivity contribution in [2.45, 2.75) is 32.1 Å². The summed E-state index contributed by atoms with van der Waals surface area (Å²) in [6.07, 6.45) is 4.78. The van der Waals surface area contributed by atoms with Gasteiger partial charge in [0, 0.05) is 43.4 Å². The molecule has 2 heterocycles. The van der Waals surface area contributed by atoms with E-state index in [0.717, 1.165) is 6.54 Å². The van der Waals surface area contributed by atoms with Crippen LogP contribution in [0.1, 0.15) is 37.8 Å². The van der Waals surface area contributed by atoms with E-state index in [9.17, 15) is 0 Å². The van der Waals surface area contributed by atoms with E-state index in [-0.39, 0.29) is 5.41 Å². The molecule has 0 amide bonds. The summed E-state index contributed by atoms with van der Waals surface area (Å²) in [6, 6.07) is 17.8. The van der Waals surface area contributed by atoms with Crippen LogP contribution in [0.4, 0.5) is 11.4 Å². The molecule has 0 aliphatic carbocycles. The van der Waals surface area contributed by atoms with Crippen LogP contribution < -0.4 is 23.5 Å². The van der Waals surface area contributed by atoms with Crippen molar-refractivity contribution in [3.05, 3.63) is 65.2 Å². The molecule has 0 bridgehead atoms. The first kappa shape index (κ1) is 22.5. The van der Waals surface area contributed by atoms with Crippen molar-refractivity contribution >= 4 is 23.2 Å². The van der Waals surface area contributed by atoms with Crippen molar-refractivity contribution in [2.75, 3.05) is 25.5 Å². The minimum Gasteiger partial charge on any atom is -0.378 e. The molecule has 2 aliphatic rings. The van der Waals surface area contributed by atoms with E-state index in [4.69, 9.17) is 18.6 Å². The van der Waals surface area contributed by atoms with Gasteiger partial charge in [0.1, 0.15) is 6.54 Å². The second-order valence-electron chi connectivity index (χ2n) is 8.28. The number of hydrogen-bond acceptors (Lipinski definition) is 5. The van der Waals surface area contributed by atoms with Gasteiger partial charge in [-0.3, -0.25) is 0 Å². The zero-order valence-electron chi connectivity index (χ0n) is 17.7. The van der Waals surface area contributed by atoms with Gasteiger partial charge < -0.3 is 4.90 Å². The summed E-state index contributed by atoms with van der Waals surface area (Å²) in [5, 5.41) is 0. The molecular weight excluding hydrogens is 404 g/mol. The smallest absolute Gasteiger partial charge is 0.209 e. The largest absolute Gasteiger partial charge is 0.378 e. The van der Waals surface area contributed by atoms with Gasteiger partial charge in [0.15, 0.2) is 5.71 Å². The molecule has 4 rings (SSSR count). The molecule has 160 valence electrons. The van der Waals surface area contributed by atoms with Crippen LogP contribution >= 0.6 is 0 Å².